The number of nitrogens with one attached hydrogen (secondary N) is 1. The van der Waals surface area contributed by atoms with Gasteiger partial charge in [-0.25, -0.2) is 0 Å². The first-order valence-electron chi connectivity index (χ1n) is 6.04. The van der Waals surface area contributed by atoms with Gasteiger partial charge in [0.2, 0.25) is 0 Å². The smallest absolute Gasteiger partial charge is 0.195 e. The molecule has 0 radical (unpaired) electrons. The zero-order valence-electron chi connectivity index (χ0n) is 10.4. The third-order valence-electron chi connectivity index (χ3n) is 3.22. The van der Waals surface area contributed by atoms with Crippen LogP contribution in [0.3, 0.4) is 0 Å². The van der Waals surface area contributed by atoms with Gasteiger partial charge in [0.15, 0.2) is 5.78 Å². The average molecular weight is 270 g/mol. The van der Waals surface area contributed by atoms with E-state index in [9.17, 15) is 4.79 Å². The highest BCUT2D eigenvalue weighted by atomic mass is 35.5. The first kappa shape index (κ1) is 12.0. The number of benzene rings is 2. The van der Waals surface area contributed by atoms with Crippen LogP contribution in [0.1, 0.15) is 21.5 Å². The van der Waals surface area contributed by atoms with E-state index in [1.165, 1.54) is 0 Å². The number of fused-ring (bicyclic) bond motifs is 1. The van der Waals surface area contributed by atoms with Crippen LogP contribution < -0.4 is 0 Å². The highest BCUT2D eigenvalue weighted by molar-refractivity contribution is 6.35. The Morgan fingerprint density at radius 1 is 1.11 bits per heavy atom. The molecule has 0 unspecified atom stereocenters. The third-order valence-corrected chi connectivity index (χ3v) is 3.54. The summed E-state index contributed by atoms with van der Waals surface area (Å²) in [4.78, 5) is 15.5. The molecule has 0 fully saturated rings. The maximum atomic E-state index is 12.5. The summed E-state index contributed by atoms with van der Waals surface area (Å²) in [5.41, 5.74) is 3.28. The number of para-hydroxylation sites is 1. The van der Waals surface area contributed by atoms with Crippen molar-refractivity contribution in [3.05, 3.63) is 70.4 Å². The summed E-state index contributed by atoms with van der Waals surface area (Å²) in [6, 6.07) is 13.1. The van der Waals surface area contributed by atoms with E-state index in [0.29, 0.717) is 16.1 Å². The monoisotopic (exact) mass is 269 g/mol. The fourth-order valence-corrected chi connectivity index (χ4v) is 2.39. The molecule has 1 N–H and O–H groups in total. The van der Waals surface area contributed by atoms with Gasteiger partial charge in [-0.3, -0.25) is 4.79 Å². The Labute approximate surface area is 116 Å². The van der Waals surface area contributed by atoms with Gasteiger partial charge in [0.25, 0.3) is 0 Å². The van der Waals surface area contributed by atoms with Gasteiger partial charge in [-0.2, -0.15) is 0 Å². The van der Waals surface area contributed by atoms with Crippen molar-refractivity contribution in [1.82, 2.24) is 4.98 Å². The number of aromatic amines is 1. The fraction of sp³-hybridized carbons (Fsp3) is 0.0625. The number of H-pyrrole nitrogens is 1. The minimum absolute atomic E-state index is 0.00789. The number of aryl methyl sites for hydroxylation is 1. The number of aromatic nitrogens is 1. The van der Waals surface area contributed by atoms with E-state index >= 15 is 0 Å². The molecule has 0 saturated carbocycles. The number of carbonyl (C=O) groups is 1. The molecule has 0 aliphatic carbocycles. The lowest BCUT2D eigenvalue weighted by Gasteiger charge is -2.01. The topological polar surface area (TPSA) is 32.9 Å². The molecule has 1 aromatic heterocycles. The van der Waals surface area contributed by atoms with E-state index in [-0.39, 0.29) is 5.78 Å². The maximum Gasteiger partial charge on any atom is 0.195 e. The summed E-state index contributed by atoms with van der Waals surface area (Å²) in [5.74, 6) is 0.00789. The minimum atomic E-state index is 0.00789. The molecule has 19 heavy (non-hydrogen) atoms. The van der Waals surface area contributed by atoms with Crippen molar-refractivity contribution in [2.45, 2.75) is 6.92 Å². The summed E-state index contributed by atoms with van der Waals surface area (Å²) in [6.07, 6.45) is 1.72. The molecule has 0 amide bonds. The Kier molecular flexibility index (Phi) is 2.88. The Balaban J connectivity index is 2.12. The molecule has 3 aromatic rings. The van der Waals surface area contributed by atoms with Gasteiger partial charge in [-0.05, 0) is 13.0 Å². The van der Waals surface area contributed by atoms with Crippen molar-refractivity contribution in [3.8, 4) is 0 Å². The van der Waals surface area contributed by atoms with Crippen LogP contribution in [0.4, 0.5) is 0 Å². The molecular formula is C16H12ClNO. The molecule has 3 rings (SSSR count). The Hall–Kier alpha value is -2.06. The standard InChI is InChI=1S/C16H12ClNO/c1-10-5-7-11(8-6-10)16(19)13-9-18-15-12(13)3-2-4-14(15)17/h2-9,18H,1H3. The molecule has 3 heteroatoms. The zero-order valence-corrected chi connectivity index (χ0v) is 11.2. The maximum absolute atomic E-state index is 12.5. The molecule has 0 atom stereocenters. The predicted octanol–water partition coefficient (Wildman–Crippen LogP) is 4.36. The predicted molar refractivity (Wildman–Crippen MR) is 77.9 cm³/mol. The van der Waals surface area contributed by atoms with E-state index in [1.807, 2.05) is 43.3 Å². The van der Waals surface area contributed by atoms with Crippen LogP contribution in [0.15, 0.2) is 48.7 Å². The zero-order chi connectivity index (χ0) is 13.4. The van der Waals surface area contributed by atoms with Crippen molar-refractivity contribution in [3.63, 3.8) is 0 Å². The Morgan fingerprint density at radius 2 is 1.84 bits per heavy atom. The van der Waals surface area contributed by atoms with Crippen molar-refractivity contribution < 1.29 is 4.79 Å². The van der Waals surface area contributed by atoms with E-state index in [0.717, 1.165) is 16.5 Å². The quantitative estimate of drug-likeness (QED) is 0.689. The molecule has 2 nitrogen and oxygen atoms in total. The minimum Gasteiger partial charge on any atom is -0.359 e. The van der Waals surface area contributed by atoms with Crippen LogP contribution in [0.2, 0.25) is 5.02 Å². The highest BCUT2D eigenvalue weighted by Gasteiger charge is 2.14. The van der Waals surface area contributed by atoms with Crippen LogP contribution in [0.25, 0.3) is 10.9 Å². The summed E-state index contributed by atoms with van der Waals surface area (Å²) >= 11 is 6.10. The number of carbonyl (C=O) groups excluding carboxylic acids is 1. The number of halogens is 1. The van der Waals surface area contributed by atoms with Crippen molar-refractivity contribution in [2.75, 3.05) is 0 Å². The summed E-state index contributed by atoms with van der Waals surface area (Å²) in [5, 5.41) is 1.48. The highest BCUT2D eigenvalue weighted by Crippen LogP contribution is 2.26. The van der Waals surface area contributed by atoms with Crippen LogP contribution >= 0.6 is 11.6 Å². The summed E-state index contributed by atoms with van der Waals surface area (Å²) in [6.45, 7) is 2.00. The summed E-state index contributed by atoms with van der Waals surface area (Å²) < 4.78 is 0. The molecule has 0 bridgehead atoms. The number of ketones is 1. The van der Waals surface area contributed by atoms with Crippen molar-refractivity contribution in [2.24, 2.45) is 0 Å². The van der Waals surface area contributed by atoms with Crippen LogP contribution in [-0.4, -0.2) is 10.8 Å². The molecule has 0 aliphatic heterocycles. The van der Waals surface area contributed by atoms with Gasteiger partial charge in [-0.1, -0.05) is 53.6 Å². The third kappa shape index (κ3) is 2.04. The first-order valence-corrected chi connectivity index (χ1v) is 6.41. The normalized spacial score (nSPS) is 10.8. The largest absolute Gasteiger partial charge is 0.359 e. The lowest BCUT2D eigenvalue weighted by molar-refractivity contribution is 0.104. The van der Waals surface area contributed by atoms with Crippen LogP contribution in [0, 0.1) is 6.92 Å². The molecule has 0 spiro atoms. The van der Waals surface area contributed by atoms with Gasteiger partial charge in [0.05, 0.1) is 10.5 Å². The molecule has 1 heterocycles. The van der Waals surface area contributed by atoms with Gasteiger partial charge in [0.1, 0.15) is 0 Å². The van der Waals surface area contributed by atoms with E-state index in [1.54, 1.807) is 12.3 Å². The second kappa shape index (κ2) is 4.56. The number of hydrogen-bond donors (Lipinski definition) is 1. The summed E-state index contributed by atoms with van der Waals surface area (Å²) in [7, 11) is 0. The van der Waals surface area contributed by atoms with Crippen LogP contribution in [0.5, 0.6) is 0 Å². The Bertz CT molecular complexity index is 756. The molecule has 2 aromatic carbocycles. The van der Waals surface area contributed by atoms with Crippen LogP contribution in [-0.2, 0) is 0 Å². The van der Waals surface area contributed by atoms with E-state index in [4.69, 9.17) is 11.6 Å². The number of rotatable bonds is 2. The number of hydrogen-bond acceptors (Lipinski definition) is 1. The molecule has 94 valence electrons. The van der Waals surface area contributed by atoms with Crippen molar-refractivity contribution in [1.29, 1.82) is 0 Å². The second-order valence-corrected chi connectivity index (χ2v) is 4.97. The van der Waals surface area contributed by atoms with Gasteiger partial charge >= 0.3 is 0 Å². The van der Waals surface area contributed by atoms with E-state index < -0.39 is 0 Å². The molecule has 0 saturated heterocycles. The SMILES string of the molecule is Cc1ccc(C(=O)c2c[nH]c3c(Cl)cccc23)cc1. The molecular weight excluding hydrogens is 258 g/mol. The van der Waals surface area contributed by atoms with Gasteiger partial charge in [-0.15, -0.1) is 0 Å². The average Bonchev–Trinajstić information content (AvgIpc) is 2.84. The Morgan fingerprint density at radius 3 is 2.58 bits per heavy atom. The lowest BCUT2D eigenvalue weighted by atomic mass is 10.0. The van der Waals surface area contributed by atoms with Gasteiger partial charge < -0.3 is 4.98 Å². The van der Waals surface area contributed by atoms with E-state index in [2.05, 4.69) is 4.98 Å². The molecule has 0 aliphatic rings. The lowest BCUT2D eigenvalue weighted by Crippen LogP contribution is -2.00. The van der Waals surface area contributed by atoms with Gasteiger partial charge in [0, 0.05) is 22.7 Å². The van der Waals surface area contributed by atoms with Crippen molar-refractivity contribution >= 4 is 28.3 Å². The first-order chi connectivity index (χ1) is 9.16. The second-order valence-electron chi connectivity index (χ2n) is 4.56. The fourth-order valence-electron chi connectivity index (χ4n) is 2.17.